The molecule has 0 heterocycles. The van der Waals surface area contributed by atoms with Gasteiger partial charge in [-0.2, -0.15) is 8.78 Å². The summed E-state index contributed by atoms with van der Waals surface area (Å²) >= 11 is 2.57. The van der Waals surface area contributed by atoms with Gasteiger partial charge >= 0.3 is 11.9 Å². The number of rotatable bonds is 2. The van der Waals surface area contributed by atoms with Crippen LogP contribution in [0.3, 0.4) is 0 Å². The molecule has 1 N–H and O–H groups in total. The first-order chi connectivity index (χ1) is 6.37. The maximum Gasteiger partial charge on any atom is 0.379 e. The second-order valence-corrected chi connectivity index (χ2v) is 3.27. The summed E-state index contributed by atoms with van der Waals surface area (Å²) in [6, 6.07) is 2.82. The van der Waals surface area contributed by atoms with Crippen molar-refractivity contribution in [1.82, 2.24) is 0 Å². The van der Waals surface area contributed by atoms with Crippen LogP contribution in [-0.2, 0) is 10.7 Å². The molecule has 0 amide bonds. The van der Waals surface area contributed by atoms with Crippen LogP contribution in [0.15, 0.2) is 22.7 Å². The van der Waals surface area contributed by atoms with Crippen LogP contribution in [0.1, 0.15) is 5.56 Å². The molecule has 1 aromatic rings. The molecular weight excluding hydrogens is 265 g/mol. The Balaban J connectivity index is 3.33. The molecule has 2 nitrogen and oxygen atoms in total. The van der Waals surface area contributed by atoms with Gasteiger partial charge in [0.05, 0.1) is 4.47 Å². The molecule has 0 aromatic heterocycles. The molecule has 6 heteroatoms. The fourth-order valence-electron chi connectivity index (χ4n) is 0.861. The number of aliphatic carboxylic acids is 1. The first-order valence-corrected chi connectivity index (χ1v) is 4.22. The molecular formula is C8H4BrF3O2. The average Bonchev–Trinajstić information content (AvgIpc) is 2.09. The maximum absolute atomic E-state index is 12.9. The highest BCUT2D eigenvalue weighted by Gasteiger charge is 2.43. The number of carboxylic acid groups (broad SMARTS) is 1. The molecule has 14 heavy (non-hydrogen) atoms. The molecule has 0 unspecified atom stereocenters. The molecule has 0 spiro atoms. The summed E-state index contributed by atoms with van der Waals surface area (Å²) in [6.45, 7) is 0. The highest BCUT2D eigenvalue weighted by Crippen LogP contribution is 2.34. The van der Waals surface area contributed by atoms with Crippen molar-refractivity contribution in [3.8, 4) is 0 Å². The lowest BCUT2D eigenvalue weighted by Gasteiger charge is -2.13. The van der Waals surface area contributed by atoms with E-state index in [2.05, 4.69) is 15.9 Å². The van der Waals surface area contributed by atoms with E-state index in [0.717, 1.165) is 18.2 Å². The van der Waals surface area contributed by atoms with E-state index >= 15 is 0 Å². The fraction of sp³-hybridized carbons (Fsp3) is 0.125. The number of hydrogen-bond acceptors (Lipinski definition) is 1. The van der Waals surface area contributed by atoms with Gasteiger partial charge in [-0.3, -0.25) is 0 Å². The molecule has 0 aliphatic heterocycles. The van der Waals surface area contributed by atoms with Crippen LogP contribution in [0.2, 0.25) is 0 Å². The first-order valence-electron chi connectivity index (χ1n) is 3.43. The van der Waals surface area contributed by atoms with Gasteiger partial charge < -0.3 is 5.11 Å². The minimum Gasteiger partial charge on any atom is -0.477 e. The van der Waals surface area contributed by atoms with Crippen LogP contribution in [0.5, 0.6) is 0 Å². The van der Waals surface area contributed by atoms with E-state index in [1.165, 1.54) is 0 Å². The summed E-state index contributed by atoms with van der Waals surface area (Å²) < 4.78 is 38.1. The Hall–Kier alpha value is -1.04. The molecule has 0 atom stereocenters. The summed E-state index contributed by atoms with van der Waals surface area (Å²) in [5.74, 6) is -7.34. The van der Waals surface area contributed by atoms with E-state index in [0.29, 0.717) is 0 Å². The van der Waals surface area contributed by atoms with E-state index in [1.807, 2.05) is 0 Å². The van der Waals surface area contributed by atoms with Crippen LogP contribution < -0.4 is 0 Å². The zero-order valence-electron chi connectivity index (χ0n) is 6.60. The third-order valence-electron chi connectivity index (χ3n) is 1.56. The quantitative estimate of drug-likeness (QED) is 0.896. The SMILES string of the molecule is O=C(O)C(F)(F)c1cccc(F)c1Br. The van der Waals surface area contributed by atoms with E-state index in [-0.39, 0.29) is 0 Å². The van der Waals surface area contributed by atoms with Gasteiger partial charge in [0.25, 0.3) is 0 Å². The third-order valence-corrected chi connectivity index (χ3v) is 2.36. The Morgan fingerprint density at radius 2 is 2.00 bits per heavy atom. The van der Waals surface area contributed by atoms with Gasteiger partial charge in [-0.25, -0.2) is 9.18 Å². The zero-order valence-corrected chi connectivity index (χ0v) is 8.19. The van der Waals surface area contributed by atoms with Gasteiger partial charge in [0.1, 0.15) is 5.82 Å². The lowest BCUT2D eigenvalue weighted by Crippen LogP contribution is -2.26. The highest BCUT2D eigenvalue weighted by molar-refractivity contribution is 9.10. The van der Waals surface area contributed by atoms with Crippen LogP contribution in [0.4, 0.5) is 13.2 Å². The van der Waals surface area contributed by atoms with Crippen molar-refractivity contribution < 1.29 is 23.1 Å². The topological polar surface area (TPSA) is 37.3 Å². The number of halogens is 4. The standard InChI is InChI=1S/C8H4BrF3O2/c9-6-4(2-1-3-5(6)10)8(11,12)7(13)14/h1-3H,(H,13,14). The van der Waals surface area contributed by atoms with Crippen molar-refractivity contribution in [3.05, 3.63) is 34.1 Å². The van der Waals surface area contributed by atoms with E-state index in [4.69, 9.17) is 5.11 Å². The van der Waals surface area contributed by atoms with Crippen molar-refractivity contribution >= 4 is 21.9 Å². The van der Waals surface area contributed by atoms with Crippen LogP contribution in [0.25, 0.3) is 0 Å². The van der Waals surface area contributed by atoms with Crippen molar-refractivity contribution in [3.63, 3.8) is 0 Å². The summed E-state index contributed by atoms with van der Waals surface area (Å²) in [6.07, 6.45) is 0. The molecule has 1 rings (SSSR count). The molecule has 0 fully saturated rings. The van der Waals surface area contributed by atoms with Crippen molar-refractivity contribution in [1.29, 1.82) is 0 Å². The first kappa shape index (κ1) is 11.0. The second-order valence-electron chi connectivity index (χ2n) is 2.48. The Bertz CT molecular complexity index is 379. The number of carbonyl (C=O) groups is 1. The summed E-state index contributed by atoms with van der Waals surface area (Å²) in [7, 11) is 0. The molecule has 0 bridgehead atoms. The molecule has 76 valence electrons. The van der Waals surface area contributed by atoms with E-state index in [9.17, 15) is 18.0 Å². The Kier molecular flexibility index (Phi) is 2.84. The highest BCUT2D eigenvalue weighted by atomic mass is 79.9. The molecule has 0 saturated heterocycles. The van der Waals surface area contributed by atoms with Gasteiger partial charge in [0, 0.05) is 5.56 Å². The van der Waals surface area contributed by atoms with Gasteiger partial charge in [-0.05, 0) is 22.0 Å². The molecule has 0 aliphatic rings. The van der Waals surface area contributed by atoms with E-state index in [1.54, 1.807) is 0 Å². The smallest absolute Gasteiger partial charge is 0.379 e. The number of carboxylic acids is 1. The van der Waals surface area contributed by atoms with Gasteiger partial charge in [-0.1, -0.05) is 12.1 Å². The van der Waals surface area contributed by atoms with Crippen molar-refractivity contribution in [2.75, 3.05) is 0 Å². The molecule has 0 aliphatic carbocycles. The molecule has 0 radical (unpaired) electrons. The number of benzene rings is 1. The summed E-state index contributed by atoms with van der Waals surface area (Å²) in [4.78, 5) is 10.2. The van der Waals surface area contributed by atoms with Crippen LogP contribution >= 0.6 is 15.9 Å². The summed E-state index contributed by atoms with van der Waals surface area (Å²) in [5, 5.41) is 8.22. The third kappa shape index (κ3) is 1.75. The molecule has 1 aromatic carbocycles. The molecule has 0 saturated carbocycles. The number of hydrogen-bond donors (Lipinski definition) is 1. The normalized spacial score (nSPS) is 11.4. The Morgan fingerprint density at radius 1 is 1.43 bits per heavy atom. The average molecular weight is 269 g/mol. The predicted octanol–water partition coefficient (Wildman–Crippen LogP) is 2.76. The van der Waals surface area contributed by atoms with Crippen molar-refractivity contribution in [2.45, 2.75) is 5.92 Å². The number of alkyl halides is 2. The van der Waals surface area contributed by atoms with Crippen LogP contribution in [-0.4, -0.2) is 11.1 Å². The lowest BCUT2D eigenvalue weighted by atomic mass is 10.1. The van der Waals surface area contributed by atoms with Crippen LogP contribution in [0, 0.1) is 5.82 Å². The minimum atomic E-state index is -4.10. The second kappa shape index (κ2) is 3.61. The Morgan fingerprint density at radius 3 is 2.50 bits per heavy atom. The maximum atomic E-state index is 12.9. The monoisotopic (exact) mass is 268 g/mol. The van der Waals surface area contributed by atoms with Gasteiger partial charge in [0.2, 0.25) is 0 Å². The Labute approximate surface area is 85.5 Å². The lowest BCUT2D eigenvalue weighted by molar-refractivity contribution is -0.166. The fourth-order valence-corrected chi connectivity index (χ4v) is 1.37. The van der Waals surface area contributed by atoms with Gasteiger partial charge in [0.15, 0.2) is 0 Å². The largest absolute Gasteiger partial charge is 0.477 e. The van der Waals surface area contributed by atoms with E-state index < -0.39 is 27.7 Å². The minimum absolute atomic E-state index is 0.535. The predicted molar refractivity (Wildman–Crippen MR) is 45.6 cm³/mol. The zero-order chi connectivity index (χ0) is 10.9. The van der Waals surface area contributed by atoms with Gasteiger partial charge in [-0.15, -0.1) is 0 Å². The van der Waals surface area contributed by atoms with Crippen molar-refractivity contribution in [2.24, 2.45) is 0 Å². The summed E-state index contributed by atoms with van der Waals surface area (Å²) in [5.41, 5.74) is -0.898.